The summed E-state index contributed by atoms with van der Waals surface area (Å²) in [5.74, 6) is -0.237. The topological polar surface area (TPSA) is 64.3 Å². The predicted molar refractivity (Wildman–Crippen MR) is 69.2 cm³/mol. The second-order valence-corrected chi connectivity index (χ2v) is 5.23. The lowest BCUT2D eigenvalue weighted by atomic mass is 9.90. The molecule has 2 aliphatic heterocycles. The number of anilines is 1. The minimum absolute atomic E-state index is 0.0619. The molecule has 1 saturated heterocycles. The van der Waals surface area contributed by atoms with E-state index in [-0.39, 0.29) is 23.7 Å². The van der Waals surface area contributed by atoms with Gasteiger partial charge in [0.2, 0.25) is 5.91 Å². The number of ether oxygens (including phenoxy) is 1. The van der Waals surface area contributed by atoms with Gasteiger partial charge in [0.1, 0.15) is 5.82 Å². The van der Waals surface area contributed by atoms with Crippen molar-refractivity contribution in [2.75, 3.05) is 18.5 Å². The van der Waals surface area contributed by atoms with E-state index in [1.54, 1.807) is 6.07 Å². The Morgan fingerprint density at radius 2 is 2.26 bits per heavy atom. The number of benzene rings is 1. The molecule has 0 bridgehead atoms. The van der Waals surface area contributed by atoms with Crippen molar-refractivity contribution in [2.24, 2.45) is 11.7 Å². The third-order valence-corrected chi connectivity index (χ3v) is 3.95. The van der Waals surface area contributed by atoms with Gasteiger partial charge in [-0.15, -0.1) is 0 Å². The first-order chi connectivity index (χ1) is 9.15. The van der Waals surface area contributed by atoms with Crippen LogP contribution in [-0.4, -0.2) is 19.1 Å². The maximum atomic E-state index is 14.1. The fourth-order valence-electron chi connectivity index (χ4n) is 2.77. The molecule has 1 aromatic rings. The summed E-state index contributed by atoms with van der Waals surface area (Å²) in [5.41, 5.74) is 8.23. The summed E-state index contributed by atoms with van der Waals surface area (Å²) >= 11 is 0. The van der Waals surface area contributed by atoms with Gasteiger partial charge in [0.15, 0.2) is 0 Å². The Labute approximate surface area is 111 Å². The van der Waals surface area contributed by atoms with Gasteiger partial charge < -0.3 is 15.8 Å². The summed E-state index contributed by atoms with van der Waals surface area (Å²) < 4.78 is 19.4. The van der Waals surface area contributed by atoms with Gasteiger partial charge in [-0.1, -0.05) is 0 Å². The second kappa shape index (κ2) is 4.90. The van der Waals surface area contributed by atoms with E-state index in [0.717, 1.165) is 12.0 Å². The second-order valence-electron chi connectivity index (χ2n) is 5.23. The van der Waals surface area contributed by atoms with Crippen molar-refractivity contribution in [1.29, 1.82) is 0 Å². The molecule has 4 nitrogen and oxygen atoms in total. The van der Waals surface area contributed by atoms with Crippen LogP contribution < -0.4 is 11.1 Å². The Morgan fingerprint density at radius 1 is 1.42 bits per heavy atom. The molecule has 0 spiro atoms. The minimum Gasteiger partial charge on any atom is -0.381 e. The fraction of sp³-hybridized carbons (Fsp3) is 0.500. The molecule has 0 radical (unpaired) electrons. The SMILES string of the molecule is NC(c1cc2c(cc1F)NC(=O)CC2)C1CCOC1. The molecule has 2 aliphatic rings. The van der Waals surface area contributed by atoms with E-state index in [2.05, 4.69) is 5.32 Å². The summed E-state index contributed by atoms with van der Waals surface area (Å²) in [4.78, 5) is 11.3. The van der Waals surface area contributed by atoms with Crippen LogP contribution in [0.15, 0.2) is 12.1 Å². The van der Waals surface area contributed by atoms with E-state index in [1.165, 1.54) is 6.07 Å². The Balaban J connectivity index is 1.91. The van der Waals surface area contributed by atoms with Crippen LogP contribution in [0.25, 0.3) is 0 Å². The number of fused-ring (bicyclic) bond motifs is 1. The van der Waals surface area contributed by atoms with Crippen molar-refractivity contribution < 1.29 is 13.9 Å². The first-order valence-corrected chi connectivity index (χ1v) is 6.60. The number of amides is 1. The number of carbonyl (C=O) groups excluding carboxylic acids is 1. The van der Waals surface area contributed by atoms with Gasteiger partial charge in [-0.05, 0) is 30.5 Å². The summed E-state index contributed by atoms with van der Waals surface area (Å²) in [6.45, 7) is 1.29. The third kappa shape index (κ3) is 2.35. The van der Waals surface area contributed by atoms with Gasteiger partial charge in [-0.2, -0.15) is 0 Å². The lowest BCUT2D eigenvalue weighted by Crippen LogP contribution is -2.24. The van der Waals surface area contributed by atoms with E-state index in [9.17, 15) is 9.18 Å². The first-order valence-electron chi connectivity index (χ1n) is 6.60. The average Bonchev–Trinajstić information content (AvgIpc) is 2.91. The molecule has 1 aromatic carbocycles. The number of rotatable bonds is 2. The molecule has 3 N–H and O–H groups in total. The van der Waals surface area contributed by atoms with E-state index in [0.29, 0.717) is 37.3 Å². The number of hydrogen-bond acceptors (Lipinski definition) is 3. The molecule has 0 aliphatic carbocycles. The van der Waals surface area contributed by atoms with Gasteiger partial charge in [0, 0.05) is 36.2 Å². The number of aryl methyl sites for hydroxylation is 1. The zero-order chi connectivity index (χ0) is 13.4. The summed E-state index contributed by atoms with van der Waals surface area (Å²) in [6.07, 6.45) is 1.95. The van der Waals surface area contributed by atoms with Gasteiger partial charge >= 0.3 is 0 Å². The minimum atomic E-state index is -0.347. The molecule has 102 valence electrons. The number of nitrogens with two attached hydrogens (primary N) is 1. The van der Waals surface area contributed by atoms with E-state index < -0.39 is 0 Å². The van der Waals surface area contributed by atoms with Gasteiger partial charge in [-0.25, -0.2) is 4.39 Å². The van der Waals surface area contributed by atoms with Crippen LogP contribution in [0.1, 0.15) is 30.0 Å². The Kier molecular flexibility index (Phi) is 3.24. The highest BCUT2D eigenvalue weighted by Gasteiger charge is 2.27. The smallest absolute Gasteiger partial charge is 0.224 e. The van der Waals surface area contributed by atoms with Crippen LogP contribution in [0.2, 0.25) is 0 Å². The van der Waals surface area contributed by atoms with Crippen molar-refractivity contribution in [3.05, 3.63) is 29.1 Å². The molecule has 0 saturated carbocycles. The van der Waals surface area contributed by atoms with Gasteiger partial charge in [0.05, 0.1) is 6.61 Å². The number of nitrogens with one attached hydrogen (secondary N) is 1. The zero-order valence-electron chi connectivity index (χ0n) is 10.6. The van der Waals surface area contributed by atoms with Crippen molar-refractivity contribution >= 4 is 11.6 Å². The highest BCUT2D eigenvalue weighted by Crippen LogP contribution is 2.33. The maximum Gasteiger partial charge on any atom is 0.224 e. The van der Waals surface area contributed by atoms with Crippen molar-refractivity contribution in [2.45, 2.75) is 25.3 Å². The predicted octanol–water partition coefficient (Wildman–Crippen LogP) is 1.75. The van der Waals surface area contributed by atoms with E-state index >= 15 is 0 Å². The molecule has 1 fully saturated rings. The monoisotopic (exact) mass is 264 g/mol. The average molecular weight is 264 g/mol. The molecular weight excluding hydrogens is 247 g/mol. The van der Waals surface area contributed by atoms with Crippen molar-refractivity contribution in [3.63, 3.8) is 0 Å². The molecule has 5 heteroatoms. The zero-order valence-corrected chi connectivity index (χ0v) is 10.6. The number of hydrogen-bond donors (Lipinski definition) is 2. The van der Waals surface area contributed by atoms with Gasteiger partial charge in [-0.3, -0.25) is 4.79 Å². The number of halogens is 1. The maximum absolute atomic E-state index is 14.1. The van der Waals surface area contributed by atoms with Crippen LogP contribution in [0.3, 0.4) is 0 Å². The van der Waals surface area contributed by atoms with Crippen LogP contribution in [-0.2, 0) is 16.0 Å². The standard InChI is InChI=1S/C14H17FN2O2/c15-11-6-12-8(1-2-13(18)17-12)5-10(11)14(16)9-3-4-19-7-9/h5-6,9,14H,1-4,7,16H2,(H,17,18). The molecule has 2 unspecified atom stereocenters. The Bertz CT molecular complexity index is 512. The quantitative estimate of drug-likeness (QED) is 0.855. The van der Waals surface area contributed by atoms with Crippen molar-refractivity contribution in [1.82, 2.24) is 0 Å². The van der Waals surface area contributed by atoms with Crippen LogP contribution in [0.5, 0.6) is 0 Å². The van der Waals surface area contributed by atoms with Crippen LogP contribution >= 0.6 is 0 Å². The lowest BCUT2D eigenvalue weighted by Gasteiger charge is -2.23. The normalized spacial score (nSPS) is 23.9. The summed E-state index contributed by atoms with van der Waals surface area (Å²) in [5, 5.41) is 2.69. The largest absolute Gasteiger partial charge is 0.381 e. The lowest BCUT2D eigenvalue weighted by molar-refractivity contribution is -0.116. The van der Waals surface area contributed by atoms with E-state index in [4.69, 9.17) is 10.5 Å². The molecule has 3 rings (SSSR count). The number of carbonyl (C=O) groups is 1. The molecule has 2 atom stereocenters. The highest BCUT2D eigenvalue weighted by molar-refractivity contribution is 5.93. The Morgan fingerprint density at radius 3 is 3.00 bits per heavy atom. The third-order valence-electron chi connectivity index (χ3n) is 3.95. The molecule has 19 heavy (non-hydrogen) atoms. The van der Waals surface area contributed by atoms with E-state index in [1.807, 2.05) is 0 Å². The molecule has 1 amide bonds. The fourth-order valence-corrected chi connectivity index (χ4v) is 2.77. The van der Waals surface area contributed by atoms with Gasteiger partial charge in [0.25, 0.3) is 0 Å². The Hall–Kier alpha value is -1.46. The van der Waals surface area contributed by atoms with Crippen LogP contribution in [0.4, 0.5) is 10.1 Å². The highest BCUT2D eigenvalue weighted by atomic mass is 19.1. The first kappa shape index (κ1) is 12.6. The molecule has 0 aromatic heterocycles. The van der Waals surface area contributed by atoms with Crippen molar-refractivity contribution in [3.8, 4) is 0 Å². The summed E-state index contributed by atoms with van der Waals surface area (Å²) in [6, 6.07) is 2.84. The molecule has 2 heterocycles. The molecular formula is C14H17FN2O2. The summed E-state index contributed by atoms with van der Waals surface area (Å²) in [7, 11) is 0. The van der Waals surface area contributed by atoms with Crippen LogP contribution in [0, 0.1) is 11.7 Å².